The molecular weight excluding hydrogens is 553 g/mol. The van der Waals surface area contributed by atoms with Gasteiger partial charge in [-0.1, -0.05) is 114 Å². The van der Waals surface area contributed by atoms with Gasteiger partial charge in [0.2, 0.25) is 0 Å². The highest BCUT2D eigenvalue weighted by atomic mass is 14.1. The quantitative estimate of drug-likeness (QED) is 0.189. The summed E-state index contributed by atoms with van der Waals surface area (Å²) < 4.78 is 0. The Balaban J connectivity index is 1.74. The van der Waals surface area contributed by atoms with Crippen molar-refractivity contribution in [3.63, 3.8) is 0 Å². The number of rotatable bonds is 5. The van der Waals surface area contributed by atoms with Gasteiger partial charge < -0.3 is 0 Å². The largest absolute Gasteiger partial charge is 0.0654 e. The van der Waals surface area contributed by atoms with E-state index >= 15 is 0 Å². The van der Waals surface area contributed by atoms with Crippen LogP contribution in [0, 0.1) is 84.9 Å². The van der Waals surface area contributed by atoms with E-state index in [1.54, 1.807) is 0 Å². The lowest BCUT2D eigenvalue weighted by Gasteiger charge is -2.04. The van der Waals surface area contributed by atoms with E-state index in [-0.39, 0.29) is 0 Å². The Morgan fingerprint density at radius 1 is 0.435 bits per heavy atom. The Kier molecular flexibility index (Phi) is 8.75. The third-order valence-corrected chi connectivity index (χ3v) is 8.15. The van der Waals surface area contributed by atoms with Crippen LogP contribution < -0.4 is 0 Å². The molecule has 0 aromatic heterocycles. The summed E-state index contributed by atoms with van der Waals surface area (Å²) in [6.45, 7) is 10.9. The first-order valence-corrected chi connectivity index (χ1v) is 15.9. The first-order valence-electron chi connectivity index (χ1n) is 15.9. The van der Waals surface area contributed by atoms with Gasteiger partial charge in [-0.25, -0.2) is 0 Å². The van der Waals surface area contributed by atoms with Crippen LogP contribution in [-0.2, 0) is 6.42 Å². The first kappa shape index (κ1) is 30.1. The lowest BCUT2D eigenvalue weighted by atomic mass is 10.0. The normalized spacial score (nSPS) is 10.2. The second-order valence-corrected chi connectivity index (χ2v) is 12.2. The summed E-state index contributed by atoms with van der Waals surface area (Å²) in [5, 5.41) is 8.49. The van der Waals surface area contributed by atoms with Crippen LogP contribution in [0.15, 0.2) is 54.6 Å². The second kappa shape index (κ2) is 13.4. The molecule has 46 heavy (non-hydrogen) atoms. The lowest BCUT2D eigenvalue weighted by molar-refractivity contribution is 0.796. The lowest BCUT2D eigenvalue weighted by Crippen LogP contribution is -1.85. The third-order valence-electron chi connectivity index (χ3n) is 8.15. The Morgan fingerprint density at radius 2 is 0.848 bits per heavy atom. The molecule has 0 aliphatic rings. The van der Waals surface area contributed by atoms with Crippen LogP contribution in [0.4, 0.5) is 0 Å². The molecule has 216 valence electrons. The minimum atomic E-state index is 0.381. The molecule has 0 heterocycles. The molecule has 0 amide bonds. The van der Waals surface area contributed by atoms with Gasteiger partial charge in [-0.3, -0.25) is 0 Å². The topological polar surface area (TPSA) is 0 Å². The predicted octanol–water partition coefficient (Wildman–Crippen LogP) is 11.1. The highest BCUT2D eigenvalue weighted by molar-refractivity contribution is 6.04. The van der Waals surface area contributed by atoms with Crippen LogP contribution in [0.1, 0.15) is 76.0 Å². The maximum absolute atomic E-state index is 3.43. The summed E-state index contributed by atoms with van der Waals surface area (Å²) in [7, 11) is 0. The molecule has 0 fully saturated rings. The minimum absolute atomic E-state index is 0.381. The van der Waals surface area contributed by atoms with Crippen LogP contribution in [0.2, 0.25) is 0 Å². The van der Waals surface area contributed by atoms with E-state index in [1.807, 2.05) is 6.07 Å². The number of aryl methyl sites for hydroxylation is 1. The summed E-state index contributed by atoms with van der Waals surface area (Å²) in [6.07, 6.45) is 3.12. The molecule has 0 saturated heterocycles. The van der Waals surface area contributed by atoms with Crippen LogP contribution in [0.3, 0.4) is 0 Å². The van der Waals surface area contributed by atoms with Gasteiger partial charge in [0.25, 0.3) is 0 Å². The fourth-order valence-corrected chi connectivity index (χ4v) is 5.30. The maximum Gasteiger partial charge on any atom is 0.0563 e. The van der Waals surface area contributed by atoms with Crippen molar-refractivity contribution in [2.24, 2.45) is 0 Å². The van der Waals surface area contributed by atoms with Gasteiger partial charge in [0.15, 0.2) is 0 Å². The van der Waals surface area contributed by atoms with Crippen LogP contribution in [-0.4, -0.2) is 0 Å². The van der Waals surface area contributed by atoms with Gasteiger partial charge in [-0.2, -0.15) is 0 Å². The van der Waals surface area contributed by atoms with Crippen molar-refractivity contribution in [1.82, 2.24) is 0 Å². The van der Waals surface area contributed by atoms with Gasteiger partial charge in [0.05, 0.1) is 10.8 Å². The molecule has 0 atom stereocenters. The van der Waals surface area contributed by atoms with Crippen molar-refractivity contribution in [2.75, 3.05) is 0 Å². The van der Waals surface area contributed by atoms with E-state index in [1.165, 1.54) is 16.7 Å². The number of hydrogen-bond donors (Lipinski definition) is 0. The molecule has 6 aromatic carbocycles. The summed E-state index contributed by atoms with van der Waals surface area (Å²) in [5.41, 5.74) is 3.62. The molecule has 2 bridgehead atoms. The molecule has 0 saturated carbocycles. The van der Waals surface area contributed by atoms with Gasteiger partial charge in [-0.15, -0.1) is 0 Å². The van der Waals surface area contributed by atoms with Crippen LogP contribution in [0.25, 0.3) is 53.9 Å². The van der Waals surface area contributed by atoms with E-state index in [4.69, 9.17) is 0 Å². The van der Waals surface area contributed by atoms with Gasteiger partial charge in [0, 0.05) is 43.1 Å². The Hall–Kier alpha value is -5.94. The van der Waals surface area contributed by atoms with Crippen molar-refractivity contribution in [1.29, 1.82) is 0 Å². The average Bonchev–Trinajstić information content (AvgIpc) is 3.04. The molecule has 0 heteroatoms. The van der Waals surface area contributed by atoms with Crippen molar-refractivity contribution in [3.8, 4) is 0 Å². The first-order chi connectivity index (χ1) is 22.4. The predicted molar refractivity (Wildman–Crippen MR) is 189 cm³/mol. The zero-order valence-corrected chi connectivity index (χ0v) is 27.0. The molecule has 0 unspecified atom stereocenters. The summed E-state index contributed by atoms with van der Waals surface area (Å²) in [5.74, 6) is 0.761. The monoisotopic (exact) mass is 584 g/mol. The third kappa shape index (κ3) is 6.59. The summed E-state index contributed by atoms with van der Waals surface area (Å²) in [4.78, 5) is 0. The molecule has 0 aliphatic carbocycles. The van der Waals surface area contributed by atoms with Crippen molar-refractivity contribution in [3.05, 3.63) is 156 Å². The summed E-state index contributed by atoms with van der Waals surface area (Å²) >= 11 is 0. The molecule has 0 N–H and O–H groups in total. The molecule has 0 spiro atoms. The second-order valence-electron chi connectivity index (χ2n) is 12.2. The Morgan fingerprint density at radius 3 is 1.28 bits per heavy atom. The van der Waals surface area contributed by atoms with Crippen molar-refractivity contribution >= 4 is 53.9 Å². The van der Waals surface area contributed by atoms with E-state index in [0.29, 0.717) is 11.8 Å². The number of fused-ring (bicyclic) bond motifs is 2. The molecular formula is C46H32. The highest BCUT2D eigenvalue weighted by Crippen LogP contribution is 2.23. The van der Waals surface area contributed by atoms with E-state index in [2.05, 4.69) is 168 Å². The Labute approximate surface area is 275 Å². The van der Waals surface area contributed by atoms with Crippen molar-refractivity contribution < 1.29 is 0 Å². The van der Waals surface area contributed by atoms with Gasteiger partial charge >= 0.3 is 0 Å². The smallest absolute Gasteiger partial charge is 0.0563 e. The fraction of sp³-hybridized carbons (Fsp3) is 0.217. The van der Waals surface area contributed by atoms with E-state index in [0.717, 1.165) is 73.1 Å². The number of benzene rings is 3. The molecule has 0 aliphatic heterocycles. The standard InChI is InChI=1S/C46H32/c1-6-7-12-34-27-41-15-10-8-13-39-29-37(32(2)3)21-17-35(39)19-23-43-31-44-24-20-36-18-22-38(33(4)5)30-40(36)14-9-11-16-42(28-34)45(41)25-26-46(43)44/h17-18,21-22,27-33H,6-7,12H2,1-5H3. The average molecular weight is 585 g/mol. The molecule has 0 nitrogen and oxygen atoms in total. The van der Waals surface area contributed by atoms with Crippen LogP contribution in [0.5, 0.6) is 0 Å². The van der Waals surface area contributed by atoms with E-state index in [9.17, 15) is 0 Å². The van der Waals surface area contributed by atoms with Gasteiger partial charge in [0.1, 0.15) is 0 Å². The minimum Gasteiger partial charge on any atom is -0.0654 e. The number of hydrogen-bond acceptors (Lipinski definition) is 0. The highest BCUT2D eigenvalue weighted by Gasteiger charge is 2.03. The fourth-order valence-electron chi connectivity index (χ4n) is 5.30. The number of unbranched alkanes of at least 4 members (excludes halogenated alkanes) is 1. The SMILES string of the molecule is CCCCc1cc2c#cc#cc3cc(C(C)C)ccc3c#cc3cc4c#cc5ccc(C(C)C)cc5c#cc#cc(c1)c2c#cc34. The summed E-state index contributed by atoms with van der Waals surface area (Å²) in [6, 6.07) is 64.9. The maximum atomic E-state index is 3.43. The molecule has 6 rings (SSSR count). The van der Waals surface area contributed by atoms with Gasteiger partial charge in [-0.05, 0) is 108 Å². The zero-order chi connectivity index (χ0) is 32.0. The Bertz CT molecular complexity index is 2060. The molecule has 0 radical (unpaired) electrons. The molecule has 6 aromatic rings. The van der Waals surface area contributed by atoms with E-state index < -0.39 is 0 Å². The zero-order valence-electron chi connectivity index (χ0n) is 27.0. The van der Waals surface area contributed by atoms with Crippen molar-refractivity contribution in [2.45, 2.75) is 65.7 Å². The van der Waals surface area contributed by atoms with Crippen LogP contribution >= 0.6 is 0 Å².